The van der Waals surface area contributed by atoms with Crippen molar-refractivity contribution < 1.29 is 9.59 Å². The zero-order valence-electron chi connectivity index (χ0n) is 15.4. The van der Waals surface area contributed by atoms with Gasteiger partial charge in [-0.15, -0.1) is 11.3 Å². The Balaban J connectivity index is 1.56. The first kappa shape index (κ1) is 18.8. The molecular formula is C21H18BrN3O2S. The van der Waals surface area contributed by atoms with Crippen molar-refractivity contribution in [2.24, 2.45) is 0 Å². The van der Waals surface area contributed by atoms with Gasteiger partial charge in [-0.3, -0.25) is 9.69 Å². The summed E-state index contributed by atoms with van der Waals surface area (Å²) >= 11 is 4.96. The van der Waals surface area contributed by atoms with Gasteiger partial charge in [-0.2, -0.15) is 0 Å². The van der Waals surface area contributed by atoms with Crippen molar-refractivity contribution in [3.05, 3.63) is 75.2 Å². The Hall–Kier alpha value is -2.51. The van der Waals surface area contributed by atoms with Gasteiger partial charge in [0.1, 0.15) is 10.5 Å². The fourth-order valence-electron chi connectivity index (χ4n) is 3.22. The first-order valence-corrected chi connectivity index (χ1v) is 10.5. The minimum Gasteiger partial charge on any atom is -0.319 e. The van der Waals surface area contributed by atoms with E-state index in [1.807, 2.05) is 60.8 Å². The average molecular weight is 456 g/mol. The Labute approximate surface area is 175 Å². The monoisotopic (exact) mass is 455 g/mol. The average Bonchev–Trinajstić information content (AvgIpc) is 3.22. The zero-order chi connectivity index (χ0) is 19.9. The molecule has 7 heteroatoms. The fraction of sp³-hybridized carbons (Fsp3) is 0.190. The van der Waals surface area contributed by atoms with E-state index in [9.17, 15) is 9.59 Å². The number of hydrogen-bond acceptors (Lipinski definition) is 4. The van der Waals surface area contributed by atoms with Crippen LogP contribution in [0.4, 0.5) is 4.79 Å². The SMILES string of the molecule is Cc1ccc(C2(C)NC(=O)N(Cc3csc(-c4cccc(Br)c4)n3)C2=O)cc1. The van der Waals surface area contributed by atoms with Crippen LogP contribution in [0, 0.1) is 6.92 Å². The molecule has 0 saturated carbocycles. The van der Waals surface area contributed by atoms with Crippen LogP contribution in [0.25, 0.3) is 10.6 Å². The van der Waals surface area contributed by atoms with E-state index < -0.39 is 11.6 Å². The molecule has 0 bridgehead atoms. The van der Waals surface area contributed by atoms with Crippen molar-refractivity contribution in [1.82, 2.24) is 15.2 Å². The second-order valence-corrected chi connectivity index (χ2v) is 8.74. The van der Waals surface area contributed by atoms with E-state index in [0.29, 0.717) is 5.69 Å². The summed E-state index contributed by atoms with van der Waals surface area (Å²) in [6.45, 7) is 3.88. The molecule has 1 aliphatic heterocycles. The minimum atomic E-state index is -1.06. The molecule has 28 heavy (non-hydrogen) atoms. The largest absolute Gasteiger partial charge is 0.325 e. The number of imide groups is 1. The van der Waals surface area contributed by atoms with E-state index in [0.717, 1.165) is 26.2 Å². The van der Waals surface area contributed by atoms with Crippen molar-refractivity contribution in [3.63, 3.8) is 0 Å². The van der Waals surface area contributed by atoms with Gasteiger partial charge in [-0.25, -0.2) is 9.78 Å². The summed E-state index contributed by atoms with van der Waals surface area (Å²) in [5.41, 5.74) is 2.49. The number of thiazole rings is 1. The lowest BCUT2D eigenvalue weighted by Crippen LogP contribution is -2.40. The molecule has 0 spiro atoms. The van der Waals surface area contributed by atoms with Gasteiger partial charge in [0.25, 0.3) is 5.91 Å². The lowest BCUT2D eigenvalue weighted by Gasteiger charge is -2.22. The molecule has 0 aliphatic carbocycles. The number of aromatic nitrogens is 1. The number of urea groups is 1. The summed E-state index contributed by atoms with van der Waals surface area (Å²) in [6.07, 6.45) is 0. The molecule has 3 aromatic rings. The fourth-order valence-corrected chi connectivity index (χ4v) is 4.43. The molecule has 4 rings (SSSR count). The molecule has 3 amide bonds. The highest BCUT2D eigenvalue weighted by atomic mass is 79.9. The standard InChI is InChI=1S/C21H18BrN3O2S/c1-13-6-8-15(9-7-13)21(2)19(26)25(20(27)24-21)11-17-12-28-18(23-17)14-4-3-5-16(22)10-14/h3-10,12H,11H2,1-2H3,(H,24,27). The number of carbonyl (C=O) groups is 2. The lowest BCUT2D eigenvalue weighted by atomic mass is 9.91. The molecule has 1 saturated heterocycles. The van der Waals surface area contributed by atoms with Gasteiger partial charge in [-0.05, 0) is 31.5 Å². The van der Waals surface area contributed by atoms with E-state index in [2.05, 4.69) is 26.2 Å². The lowest BCUT2D eigenvalue weighted by molar-refractivity contribution is -0.131. The number of benzene rings is 2. The quantitative estimate of drug-likeness (QED) is 0.571. The van der Waals surface area contributed by atoms with Gasteiger partial charge >= 0.3 is 6.03 Å². The van der Waals surface area contributed by atoms with Crippen LogP contribution in [-0.2, 0) is 16.9 Å². The maximum absolute atomic E-state index is 13.1. The number of carbonyl (C=O) groups excluding carboxylic acids is 2. The van der Waals surface area contributed by atoms with Crippen LogP contribution in [0.2, 0.25) is 0 Å². The highest BCUT2D eigenvalue weighted by Crippen LogP contribution is 2.31. The minimum absolute atomic E-state index is 0.149. The smallest absolute Gasteiger partial charge is 0.319 e. The van der Waals surface area contributed by atoms with Gasteiger partial charge in [0.2, 0.25) is 0 Å². The van der Waals surface area contributed by atoms with Gasteiger partial charge in [0.15, 0.2) is 0 Å². The third kappa shape index (κ3) is 3.36. The predicted octanol–water partition coefficient (Wildman–Crippen LogP) is 4.85. The first-order valence-electron chi connectivity index (χ1n) is 8.78. The second-order valence-electron chi connectivity index (χ2n) is 6.97. The van der Waals surface area contributed by atoms with Crippen LogP contribution >= 0.6 is 27.3 Å². The molecule has 5 nitrogen and oxygen atoms in total. The van der Waals surface area contributed by atoms with Crippen LogP contribution in [-0.4, -0.2) is 21.8 Å². The van der Waals surface area contributed by atoms with Gasteiger partial charge in [0, 0.05) is 15.4 Å². The number of amides is 3. The van der Waals surface area contributed by atoms with E-state index in [4.69, 9.17) is 0 Å². The van der Waals surface area contributed by atoms with E-state index in [1.165, 1.54) is 16.2 Å². The summed E-state index contributed by atoms with van der Waals surface area (Å²) < 4.78 is 0.977. The molecule has 1 aliphatic rings. The number of halogens is 1. The molecule has 1 atom stereocenters. The maximum Gasteiger partial charge on any atom is 0.325 e. The predicted molar refractivity (Wildman–Crippen MR) is 113 cm³/mol. The second kappa shape index (κ2) is 7.14. The van der Waals surface area contributed by atoms with Crippen molar-refractivity contribution in [3.8, 4) is 10.6 Å². The number of rotatable bonds is 4. The summed E-state index contributed by atoms with van der Waals surface area (Å²) in [6, 6.07) is 15.1. The van der Waals surface area contributed by atoms with Gasteiger partial charge in [-0.1, -0.05) is 57.9 Å². The molecular weight excluding hydrogens is 438 g/mol. The Morgan fingerprint density at radius 3 is 2.64 bits per heavy atom. The van der Waals surface area contributed by atoms with Crippen molar-refractivity contribution in [2.45, 2.75) is 25.9 Å². The Bertz CT molecular complexity index is 1060. The molecule has 2 aromatic carbocycles. The van der Waals surface area contributed by atoms with Crippen molar-refractivity contribution in [1.29, 1.82) is 0 Å². The molecule has 1 fully saturated rings. The van der Waals surface area contributed by atoms with Crippen LogP contribution in [0.3, 0.4) is 0 Å². The highest BCUT2D eigenvalue weighted by molar-refractivity contribution is 9.10. The number of nitrogens with zero attached hydrogens (tertiary/aromatic N) is 2. The first-order chi connectivity index (χ1) is 13.4. The topological polar surface area (TPSA) is 62.3 Å². The summed E-state index contributed by atoms with van der Waals surface area (Å²) in [5, 5.41) is 5.58. The van der Waals surface area contributed by atoms with Crippen molar-refractivity contribution in [2.75, 3.05) is 0 Å². The Morgan fingerprint density at radius 1 is 1.18 bits per heavy atom. The van der Waals surface area contributed by atoms with E-state index in [1.54, 1.807) is 6.92 Å². The number of aryl methyl sites for hydroxylation is 1. The normalized spacial score (nSPS) is 19.2. The zero-order valence-corrected chi connectivity index (χ0v) is 17.8. The summed E-state index contributed by atoms with van der Waals surface area (Å²) in [4.78, 5) is 31.4. The van der Waals surface area contributed by atoms with Crippen molar-refractivity contribution >= 4 is 39.2 Å². The maximum atomic E-state index is 13.1. The third-order valence-electron chi connectivity index (χ3n) is 4.85. The molecule has 1 aromatic heterocycles. The van der Waals surface area contributed by atoms with Crippen LogP contribution in [0.5, 0.6) is 0 Å². The Morgan fingerprint density at radius 2 is 1.93 bits per heavy atom. The van der Waals surface area contributed by atoms with Crippen LogP contribution in [0.15, 0.2) is 58.4 Å². The van der Waals surface area contributed by atoms with Gasteiger partial charge in [0.05, 0.1) is 12.2 Å². The van der Waals surface area contributed by atoms with E-state index in [-0.39, 0.29) is 12.5 Å². The molecule has 0 radical (unpaired) electrons. The van der Waals surface area contributed by atoms with Gasteiger partial charge < -0.3 is 5.32 Å². The van der Waals surface area contributed by atoms with Crippen LogP contribution in [0.1, 0.15) is 23.7 Å². The highest BCUT2D eigenvalue weighted by Gasteiger charge is 2.49. The summed E-state index contributed by atoms with van der Waals surface area (Å²) in [7, 11) is 0. The molecule has 1 unspecified atom stereocenters. The molecule has 142 valence electrons. The summed E-state index contributed by atoms with van der Waals surface area (Å²) in [5.74, 6) is -0.265. The van der Waals surface area contributed by atoms with E-state index >= 15 is 0 Å². The van der Waals surface area contributed by atoms with Crippen LogP contribution < -0.4 is 5.32 Å². The third-order valence-corrected chi connectivity index (χ3v) is 6.28. The molecule has 1 N–H and O–H groups in total. The molecule has 2 heterocycles. The number of nitrogens with one attached hydrogen (secondary N) is 1. The number of hydrogen-bond donors (Lipinski definition) is 1. The Kier molecular flexibility index (Phi) is 4.81.